The van der Waals surface area contributed by atoms with Gasteiger partial charge in [-0.15, -0.1) is 0 Å². The number of benzene rings is 2. The van der Waals surface area contributed by atoms with Crippen LogP contribution in [0.1, 0.15) is 6.92 Å². The Hall–Kier alpha value is -2.15. The summed E-state index contributed by atoms with van der Waals surface area (Å²) >= 11 is 0. The molecule has 0 aliphatic carbocycles. The molecule has 7 heteroatoms. The zero-order valence-corrected chi connectivity index (χ0v) is 12.1. The first-order valence-electron chi connectivity index (χ1n) is 6.20. The van der Waals surface area contributed by atoms with E-state index in [1.165, 1.54) is 24.3 Å². The standard InChI is InChI=1S/C14H14F2N2O2S/c1-2-18(14-6-4-3-5-12(14)16)21(19,20)10-7-8-11(15)13(17)9-10/h3-9H,2,17H2,1H3. The number of sulfonamides is 1. The zero-order chi connectivity index (χ0) is 15.6. The van der Waals surface area contributed by atoms with Crippen molar-refractivity contribution < 1.29 is 17.2 Å². The largest absolute Gasteiger partial charge is 0.396 e. The van der Waals surface area contributed by atoms with Crippen molar-refractivity contribution in [2.75, 3.05) is 16.6 Å². The number of hydrogen-bond donors (Lipinski definition) is 1. The van der Waals surface area contributed by atoms with Crippen LogP contribution in [0.15, 0.2) is 47.4 Å². The van der Waals surface area contributed by atoms with Crippen molar-refractivity contribution in [3.05, 3.63) is 54.1 Å². The van der Waals surface area contributed by atoms with Crippen molar-refractivity contribution in [3.8, 4) is 0 Å². The average molecular weight is 312 g/mol. The minimum absolute atomic E-state index is 0.0283. The van der Waals surface area contributed by atoms with Gasteiger partial charge >= 0.3 is 0 Å². The molecule has 2 aromatic carbocycles. The third-order valence-corrected chi connectivity index (χ3v) is 4.85. The van der Waals surface area contributed by atoms with Crippen molar-refractivity contribution in [2.24, 2.45) is 0 Å². The van der Waals surface area contributed by atoms with Crippen molar-refractivity contribution in [2.45, 2.75) is 11.8 Å². The molecule has 0 aliphatic heterocycles. The highest BCUT2D eigenvalue weighted by atomic mass is 32.2. The van der Waals surface area contributed by atoms with Crippen LogP contribution < -0.4 is 10.0 Å². The first-order chi connectivity index (χ1) is 9.87. The van der Waals surface area contributed by atoms with E-state index < -0.39 is 21.7 Å². The summed E-state index contributed by atoms with van der Waals surface area (Å²) in [6.07, 6.45) is 0. The normalized spacial score (nSPS) is 11.4. The Morgan fingerprint density at radius 3 is 2.33 bits per heavy atom. The molecular weight excluding hydrogens is 298 g/mol. The highest BCUT2D eigenvalue weighted by Crippen LogP contribution is 2.27. The first kappa shape index (κ1) is 15.2. The van der Waals surface area contributed by atoms with Gasteiger partial charge in [0.1, 0.15) is 11.6 Å². The van der Waals surface area contributed by atoms with Gasteiger partial charge in [-0.25, -0.2) is 17.2 Å². The van der Waals surface area contributed by atoms with Gasteiger partial charge in [-0.3, -0.25) is 4.31 Å². The molecule has 0 unspecified atom stereocenters. The first-order valence-corrected chi connectivity index (χ1v) is 7.64. The van der Waals surface area contributed by atoms with Crippen LogP contribution in [0, 0.1) is 11.6 Å². The van der Waals surface area contributed by atoms with Gasteiger partial charge in [0.2, 0.25) is 0 Å². The maximum absolute atomic E-state index is 13.8. The Balaban J connectivity index is 2.55. The molecule has 0 aliphatic rings. The fourth-order valence-electron chi connectivity index (χ4n) is 1.93. The summed E-state index contributed by atoms with van der Waals surface area (Å²) in [6.45, 7) is 1.61. The fraction of sp³-hybridized carbons (Fsp3) is 0.143. The van der Waals surface area contributed by atoms with Crippen LogP contribution in [0.4, 0.5) is 20.2 Å². The van der Waals surface area contributed by atoms with Crippen LogP contribution >= 0.6 is 0 Å². The molecule has 2 N–H and O–H groups in total. The molecule has 2 aromatic rings. The van der Waals surface area contributed by atoms with Gasteiger partial charge in [-0.1, -0.05) is 12.1 Å². The summed E-state index contributed by atoms with van der Waals surface area (Å²) in [7, 11) is -4.02. The summed E-state index contributed by atoms with van der Waals surface area (Å²) in [5.41, 5.74) is 5.05. The van der Waals surface area contributed by atoms with Gasteiger partial charge in [0, 0.05) is 6.54 Å². The van der Waals surface area contributed by atoms with Gasteiger partial charge in [0.05, 0.1) is 16.3 Å². The van der Waals surface area contributed by atoms with Crippen LogP contribution in [0.5, 0.6) is 0 Å². The number of nitrogens with two attached hydrogens (primary N) is 1. The molecule has 0 fully saturated rings. The van der Waals surface area contributed by atoms with Crippen molar-refractivity contribution in [3.63, 3.8) is 0 Å². The van der Waals surface area contributed by atoms with Gasteiger partial charge < -0.3 is 5.73 Å². The molecule has 0 atom stereocenters. The lowest BCUT2D eigenvalue weighted by Gasteiger charge is -2.23. The Morgan fingerprint density at radius 2 is 1.76 bits per heavy atom. The maximum Gasteiger partial charge on any atom is 0.264 e. The molecule has 0 bridgehead atoms. The SMILES string of the molecule is CCN(c1ccccc1F)S(=O)(=O)c1ccc(F)c(N)c1. The summed E-state index contributed by atoms with van der Waals surface area (Å²) in [4.78, 5) is -0.188. The number of nitrogen functional groups attached to an aromatic ring is 1. The highest BCUT2D eigenvalue weighted by molar-refractivity contribution is 7.92. The Bertz CT molecular complexity index is 763. The Morgan fingerprint density at radius 1 is 1.10 bits per heavy atom. The molecule has 0 saturated carbocycles. The molecule has 0 heterocycles. The molecule has 0 saturated heterocycles. The lowest BCUT2D eigenvalue weighted by molar-refractivity contribution is 0.585. The van der Waals surface area contributed by atoms with E-state index in [0.717, 1.165) is 22.5 Å². The second-order valence-electron chi connectivity index (χ2n) is 4.30. The topological polar surface area (TPSA) is 63.4 Å². The number of hydrogen-bond acceptors (Lipinski definition) is 3. The van der Waals surface area contributed by atoms with E-state index in [0.29, 0.717) is 0 Å². The fourth-order valence-corrected chi connectivity index (χ4v) is 3.45. The Labute approximate surface area is 121 Å². The predicted octanol–water partition coefficient (Wildman–Crippen LogP) is 2.76. The molecule has 21 heavy (non-hydrogen) atoms. The monoisotopic (exact) mass is 312 g/mol. The van der Waals surface area contributed by atoms with Crippen LogP contribution in [-0.4, -0.2) is 15.0 Å². The predicted molar refractivity (Wildman–Crippen MR) is 77.4 cm³/mol. The average Bonchev–Trinajstić information content (AvgIpc) is 2.44. The summed E-state index contributed by atoms with van der Waals surface area (Å²) in [5.74, 6) is -1.36. The maximum atomic E-state index is 13.8. The van der Waals surface area contributed by atoms with E-state index >= 15 is 0 Å². The molecule has 0 spiro atoms. The number of nitrogens with zero attached hydrogens (tertiary/aromatic N) is 1. The summed E-state index contributed by atoms with van der Waals surface area (Å²) in [6, 6.07) is 8.64. The molecule has 0 amide bonds. The number of para-hydroxylation sites is 1. The third-order valence-electron chi connectivity index (χ3n) is 2.96. The second kappa shape index (κ2) is 5.69. The molecule has 2 rings (SSSR count). The van der Waals surface area contributed by atoms with E-state index in [2.05, 4.69) is 0 Å². The van der Waals surface area contributed by atoms with E-state index in [1.54, 1.807) is 6.92 Å². The molecule has 112 valence electrons. The van der Waals surface area contributed by atoms with E-state index in [4.69, 9.17) is 5.73 Å². The minimum atomic E-state index is -4.02. The van der Waals surface area contributed by atoms with E-state index in [9.17, 15) is 17.2 Å². The number of rotatable bonds is 4. The van der Waals surface area contributed by atoms with Crippen molar-refractivity contribution >= 4 is 21.4 Å². The van der Waals surface area contributed by atoms with Crippen molar-refractivity contribution in [1.82, 2.24) is 0 Å². The lowest BCUT2D eigenvalue weighted by Crippen LogP contribution is -2.31. The van der Waals surface area contributed by atoms with Gasteiger partial charge in [0.25, 0.3) is 10.0 Å². The zero-order valence-electron chi connectivity index (χ0n) is 11.3. The molecule has 0 radical (unpaired) electrons. The number of halogens is 2. The molecule has 0 aromatic heterocycles. The third kappa shape index (κ3) is 2.82. The summed E-state index contributed by atoms with van der Waals surface area (Å²) in [5, 5.41) is 0. The quantitative estimate of drug-likeness (QED) is 0.883. The van der Waals surface area contributed by atoms with E-state index in [1.807, 2.05) is 0 Å². The minimum Gasteiger partial charge on any atom is -0.396 e. The lowest BCUT2D eigenvalue weighted by atomic mass is 10.3. The molecular formula is C14H14F2N2O2S. The molecule has 4 nitrogen and oxygen atoms in total. The van der Waals surface area contributed by atoms with E-state index in [-0.39, 0.29) is 22.8 Å². The van der Waals surface area contributed by atoms with Crippen molar-refractivity contribution in [1.29, 1.82) is 0 Å². The van der Waals surface area contributed by atoms with Gasteiger partial charge in [0.15, 0.2) is 0 Å². The van der Waals surface area contributed by atoms with Crippen LogP contribution in [-0.2, 0) is 10.0 Å². The smallest absolute Gasteiger partial charge is 0.264 e. The second-order valence-corrected chi connectivity index (χ2v) is 6.17. The van der Waals surface area contributed by atoms with Gasteiger partial charge in [-0.05, 0) is 37.3 Å². The van der Waals surface area contributed by atoms with Gasteiger partial charge in [-0.2, -0.15) is 0 Å². The van der Waals surface area contributed by atoms with Crippen LogP contribution in [0.3, 0.4) is 0 Å². The summed E-state index contributed by atoms with van der Waals surface area (Å²) < 4.78 is 53.0. The number of anilines is 2. The highest BCUT2D eigenvalue weighted by Gasteiger charge is 2.26. The van der Waals surface area contributed by atoms with Crippen LogP contribution in [0.2, 0.25) is 0 Å². The Kier molecular flexibility index (Phi) is 4.13. The van der Waals surface area contributed by atoms with Crippen LogP contribution in [0.25, 0.3) is 0 Å².